The van der Waals surface area contributed by atoms with Gasteiger partial charge in [-0.05, 0) is 87.0 Å². The number of hydrogen-bond acceptors (Lipinski definition) is 5. The first-order chi connectivity index (χ1) is 28.2. The van der Waals surface area contributed by atoms with Gasteiger partial charge in [0.05, 0.1) is 11.6 Å². The summed E-state index contributed by atoms with van der Waals surface area (Å²) in [5.41, 5.74) is 13.4. The molecule has 5 nitrogen and oxygen atoms in total. The molecule has 0 aliphatic heterocycles. The molecular weight excluding hydrogens is 697 g/mol. The van der Waals surface area contributed by atoms with E-state index in [1.54, 1.807) is 0 Å². The van der Waals surface area contributed by atoms with Crippen molar-refractivity contribution in [2.45, 2.75) is 0 Å². The normalized spacial score (nSPS) is 11.1. The van der Waals surface area contributed by atoms with Gasteiger partial charge >= 0.3 is 0 Å². The molecule has 0 spiro atoms. The molecule has 10 aromatic rings. The van der Waals surface area contributed by atoms with Gasteiger partial charge in [-0.25, -0.2) is 15.0 Å². The SMILES string of the molecule is N#Cc1cccc(-c2cccc(-c3nc(-c4cccc(-c5ccc(-c6ccccc6)cc5)c4)nc(-c4ccc5c(c4)oc4cccc(-c6ccccc6)c45)n3)c2)c1. The second-order valence-electron chi connectivity index (χ2n) is 14.0. The molecule has 0 N–H and O–H groups in total. The van der Waals surface area contributed by atoms with E-state index in [0.717, 1.165) is 72.0 Å². The third-order valence-corrected chi connectivity index (χ3v) is 10.4. The molecule has 5 heteroatoms. The van der Waals surface area contributed by atoms with Gasteiger partial charge in [0.2, 0.25) is 0 Å². The first-order valence-electron chi connectivity index (χ1n) is 18.8. The highest BCUT2D eigenvalue weighted by molar-refractivity contribution is 6.13. The Morgan fingerprint density at radius 1 is 0.351 bits per heavy atom. The fraction of sp³-hybridized carbons (Fsp3) is 0. The van der Waals surface area contributed by atoms with Gasteiger partial charge in [0, 0.05) is 27.5 Å². The van der Waals surface area contributed by atoms with Crippen LogP contribution in [0.1, 0.15) is 5.56 Å². The van der Waals surface area contributed by atoms with Crippen molar-refractivity contribution in [2.24, 2.45) is 0 Å². The Hall–Kier alpha value is -7.94. The summed E-state index contributed by atoms with van der Waals surface area (Å²) in [6, 6.07) is 68.1. The maximum Gasteiger partial charge on any atom is 0.164 e. The highest BCUT2D eigenvalue weighted by atomic mass is 16.3. The van der Waals surface area contributed by atoms with E-state index in [1.165, 1.54) is 11.1 Å². The van der Waals surface area contributed by atoms with Crippen LogP contribution in [0.2, 0.25) is 0 Å². The lowest BCUT2D eigenvalue weighted by atomic mass is 9.99. The number of nitrogens with zero attached hydrogens (tertiary/aromatic N) is 4. The summed E-state index contributed by atoms with van der Waals surface area (Å²) < 4.78 is 6.50. The summed E-state index contributed by atoms with van der Waals surface area (Å²) in [4.78, 5) is 15.3. The zero-order chi connectivity index (χ0) is 38.1. The molecule has 0 radical (unpaired) electrons. The van der Waals surface area contributed by atoms with E-state index < -0.39 is 0 Å². The molecule has 266 valence electrons. The molecule has 0 saturated carbocycles. The van der Waals surface area contributed by atoms with E-state index in [4.69, 9.17) is 19.4 Å². The van der Waals surface area contributed by atoms with Crippen molar-refractivity contribution in [2.75, 3.05) is 0 Å². The number of rotatable bonds is 7. The van der Waals surface area contributed by atoms with Crippen molar-refractivity contribution in [3.63, 3.8) is 0 Å². The van der Waals surface area contributed by atoms with Gasteiger partial charge in [-0.3, -0.25) is 0 Å². The lowest BCUT2D eigenvalue weighted by molar-refractivity contribution is 0.669. The summed E-state index contributed by atoms with van der Waals surface area (Å²) in [7, 11) is 0. The van der Waals surface area contributed by atoms with E-state index in [2.05, 4.69) is 115 Å². The van der Waals surface area contributed by atoms with Crippen LogP contribution in [0, 0.1) is 11.3 Å². The molecule has 0 aliphatic carbocycles. The summed E-state index contributed by atoms with van der Waals surface area (Å²) in [6.45, 7) is 0. The third kappa shape index (κ3) is 6.52. The van der Waals surface area contributed by atoms with E-state index in [1.807, 2.05) is 84.9 Å². The molecular formula is C52H32N4O. The standard InChI is InChI=1S/C52H32N4O/c53-33-34-11-7-16-39(29-34)41-18-9-20-43(31-41)51-54-50(42-19-8-17-40(30-42)37-25-23-36(24-26-37)35-12-3-1-4-13-35)55-52(56-51)44-27-28-46-48(32-44)57-47-22-10-21-45(49(46)47)38-14-5-2-6-15-38/h1-32H. The Morgan fingerprint density at radius 3 is 1.44 bits per heavy atom. The minimum atomic E-state index is 0.537. The predicted octanol–water partition coefficient (Wildman–Crippen LogP) is 13.3. The second-order valence-corrected chi connectivity index (χ2v) is 14.0. The van der Waals surface area contributed by atoms with Gasteiger partial charge in [0.25, 0.3) is 0 Å². The number of furan rings is 1. The van der Waals surface area contributed by atoms with Crippen LogP contribution < -0.4 is 0 Å². The fourth-order valence-electron chi connectivity index (χ4n) is 7.52. The molecule has 0 atom stereocenters. The van der Waals surface area contributed by atoms with E-state index in [-0.39, 0.29) is 0 Å². The van der Waals surface area contributed by atoms with Gasteiger partial charge in [-0.1, -0.05) is 152 Å². The summed E-state index contributed by atoms with van der Waals surface area (Å²) in [5.74, 6) is 1.64. The molecule has 0 fully saturated rings. The van der Waals surface area contributed by atoms with Crippen LogP contribution in [0.4, 0.5) is 0 Å². The number of benzene rings is 8. The van der Waals surface area contributed by atoms with Gasteiger partial charge < -0.3 is 4.42 Å². The second kappa shape index (κ2) is 14.4. The Labute approximate surface area is 329 Å². The van der Waals surface area contributed by atoms with Crippen molar-refractivity contribution >= 4 is 21.9 Å². The largest absolute Gasteiger partial charge is 0.456 e. The van der Waals surface area contributed by atoms with Crippen molar-refractivity contribution in [3.8, 4) is 84.7 Å². The Bertz CT molecular complexity index is 3130. The number of fused-ring (bicyclic) bond motifs is 3. The molecule has 0 unspecified atom stereocenters. The van der Waals surface area contributed by atoms with Crippen LogP contribution in [0.25, 0.3) is 101 Å². The number of hydrogen-bond donors (Lipinski definition) is 0. The van der Waals surface area contributed by atoms with Crippen LogP contribution in [0.5, 0.6) is 0 Å². The maximum atomic E-state index is 9.56. The molecule has 0 aliphatic rings. The number of aromatic nitrogens is 3. The Morgan fingerprint density at radius 2 is 0.807 bits per heavy atom. The topological polar surface area (TPSA) is 75.6 Å². The zero-order valence-electron chi connectivity index (χ0n) is 30.7. The number of nitriles is 1. The molecule has 2 heterocycles. The van der Waals surface area contributed by atoms with Crippen LogP contribution in [0.3, 0.4) is 0 Å². The lowest BCUT2D eigenvalue weighted by Gasteiger charge is -2.11. The van der Waals surface area contributed by atoms with Gasteiger partial charge in [-0.2, -0.15) is 5.26 Å². The zero-order valence-corrected chi connectivity index (χ0v) is 30.7. The minimum absolute atomic E-state index is 0.537. The van der Waals surface area contributed by atoms with Crippen LogP contribution >= 0.6 is 0 Å². The van der Waals surface area contributed by atoms with Crippen LogP contribution in [0.15, 0.2) is 199 Å². The smallest absolute Gasteiger partial charge is 0.164 e. The van der Waals surface area contributed by atoms with Crippen molar-refractivity contribution < 1.29 is 4.42 Å². The van der Waals surface area contributed by atoms with Gasteiger partial charge in [0.15, 0.2) is 17.5 Å². The quantitative estimate of drug-likeness (QED) is 0.163. The fourth-order valence-corrected chi connectivity index (χ4v) is 7.52. The minimum Gasteiger partial charge on any atom is -0.456 e. The third-order valence-electron chi connectivity index (χ3n) is 10.4. The molecule has 2 aromatic heterocycles. The highest BCUT2D eigenvalue weighted by Gasteiger charge is 2.17. The van der Waals surface area contributed by atoms with Gasteiger partial charge in [0.1, 0.15) is 11.2 Å². The van der Waals surface area contributed by atoms with E-state index >= 15 is 0 Å². The Balaban J connectivity index is 1.10. The molecule has 10 rings (SSSR count). The van der Waals surface area contributed by atoms with E-state index in [9.17, 15) is 5.26 Å². The lowest BCUT2D eigenvalue weighted by Crippen LogP contribution is -2.00. The monoisotopic (exact) mass is 728 g/mol. The van der Waals surface area contributed by atoms with Crippen molar-refractivity contribution in [1.29, 1.82) is 5.26 Å². The Kier molecular flexibility index (Phi) is 8.48. The van der Waals surface area contributed by atoms with Crippen molar-refractivity contribution in [3.05, 3.63) is 200 Å². The van der Waals surface area contributed by atoms with Crippen LogP contribution in [-0.2, 0) is 0 Å². The maximum absolute atomic E-state index is 9.56. The van der Waals surface area contributed by atoms with Gasteiger partial charge in [-0.15, -0.1) is 0 Å². The summed E-state index contributed by atoms with van der Waals surface area (Å²) in [6.07, 6.45) is 0. The molecule has 57 heavy (non-hydrogen) atoms. The predicted molar refractivity (Wildman–Crippen MR) is 230 cm³/mol. The summed E-state index contributed by atoms with van der Waals surface area (Å²) >= 11 is 0. The average Bonchev–Trinajstić information content (AvgIpc) is 3.68. The molecule has 0 amide bonds. The van der Waals surface area contributed by atoms with Crippen molar-refractivity contribution in [1.82, 2.24) is 15.0 Å². The molecule has 8 aromatic carbocycles. The van der Waals surface area contributed by atoms with E-state index in [0.29, 0.717) is 23.0 Å². The summed E-state index contributed by atoms with van der Waals surface area (Å²) in [5, 5.41) is 11.7. The first-order valence-corrected chi connectivity index (χ1v) is 18.8. The first kappa shape index (κ1) is 33.6. The molecule has 0 saturated heterocycles. The van der Waals surface area contributed by atoms with Crippen LogP contribution in [-0.4, -0.2) is 15.0 Å². The average molecular weight is 729 g/mol. The highest BCUT2D eigenvalue weighted by Crippen LogP contribution is 2.38. The molecule has 0 bridgehead atoms.